The van der Waals surface area contributed by atoms with E-state index in [0.717, 1.165) is 16.8 Å². The molecule has 0 saturated carbocycles. The summed E-state index contributed by atoms with van der Waals surface area (Å²) < 4.78 is 26.2. The lowest BCUT2D eigenvalue weighted by molar-refractivity contribution is 0.0125. The van der Waals surface area contributed by atoms with E-state index >= 15 is 0 Å². The van der Waals surface area contributed by atoms with Crippen LogP contribution in [0.3, 0.4) is 0 Å². The van der Waals surface area contributed by atoms with Gasteiger partial charge in [0.05, 0.1) is 16.2 Å². The molecular weight excluding hydrogens is 487 g/mol. The summed E-state index contributed by atoms with van der Waals surface area (Å²) >= 11 is 3.04. The van der Waals surface area contributed by atoms with Crippen molar-refractivity contribution in [3.63, 3.8) is 0 Å². The molecule has 11 heteroatoms. The third kappa shape index (κ3) is 5.64. The molecule has 0 aliphatic carbocycles. The van der Waals surface area contributed by atoms with E-state index in [1.807, 2.05) is 0 Å². The topological polar surface area (TPSA) is 117 Å². The number of hydrogen-bond acceptors (Lipinski definition) is 6. The molecule has 2 heterocycles. The summed E-state index contributed by atoms with van der Waals surface area (Å²) in [6, 6.07) is 5.11. The van der Waals surface area contributed by atoms with Crippen LogP contribution in [0.25, 0.3) is 5.69 Å². The van der Waals surface area contributed by atoms with Crippen molar-refractivity contribution in [2.45, 2.75) is 45.3 Å². The zero-order valence-electron chi connectivity index (χ0n) is 17.9. The number of carbonyl (C=O) groups excluding carboxylic acids is 2. The van der Waals surface area contributed by atoms with Crippen LogP contribution >= 0.6 is 15.9 Å². The lowest BCUT2D eigenvalue weighted by Crippen LogP contribution is -2.44. The Morgan fingerprint density at radius 2 is 1.88 bits per heavy atom. The highest BCUT2D eigenvalue weighted by Crippen LogP contribution is 2.23. The molecule has 0 spiro atoms. The van der Waals surface area contributed by atoms with Crippen LogP contribution in [-0.2, 0) is 4.74 Å². The Bertz CT molecular complexity index is 1090. The van der Waals surface area contributed by atoms with Crippen molar-refractivity contribution in [1.82, 2.24) is 14.7 Å². The van der Waals surface area contributed by atoms with Gasteiger partial charge in [-0.15, -0.1) is 0 Å². The van der Waals surface area contributed by atoms with Gasteiger partial charge < -0.3 is 20.1 Å². The largest absolute Gasteiger partial charge is 0.488 e. The SMILES string of the molecule is CC(C)(C)OC(=O)N1CCC(Oc2cc(=O)n(-c3ccc(Br)c(F)c3)nc2C(N)=O)CC1. The van der Waals surface area contributed by atoms with Crippen molar-refractivity contribution in [3.05, 3.63) is 50.6 Å². The number of primary amides is 1. The molecule has 2 aromatic rings. The molecule has 0 radical (unpaired) electrons. The molecule has 172 valence electrons. The first kappa shape index (κ1) is 23.7. The van der Waals surface area contributed by atoms with Crippen molar-refractivity contribution in [2.75, 3.05) is 13.1 Å². The highest BCUT2D eigenvalue weighted by molar-refractivity contribution is 9.10. The molecule has 2 N–H and O–H groups in total. The number of piperidine rings is 1. The second-order valence-electron chi connectivity index (χ2n) is 8.35. The van der Waals surface area contributed by atoms with Gasteiger partial charge in [0.2, 0.25) is 0 Å². The van der Waals surface area contributed by atoms with Crippen LogP contribution in [-0.4, -0.2) is 51.5 Å². The minimum atomic E-state index is -0.891. The van der Waals surface area contributed by atoms with E-state index in [4.69, 9.17) is 15.2 Å². The molecule has 0 atom stereocenters. The quantitative estimate of drug-likeness (QED) is 0.675. The number of amides is 2. The van der Waals surface area contributed by atoms with E-state index in [2.05, 4.69) is 21.0 Å². The van der Waals surface area contributed by atoms with Crippen LogP contribution in [0.15, 0.2) is 33.5 Å². The molecule has 1 aromatic heterocycles. The fraction of sp³-hybridized carbons (Fsp3) is 0.429. The van der Waals surface area contributed by atoms with Gasteiger partial charge in [0.25, 0.3) is 11.5 Å². The number of nitrogens with two attached hydrogens (primary N) is 1. The second kappa shape index (κ2) is 9.27. The van der Waals surface area contributed by atoms with Gasteiger partial charge in [0, 0.05) is 32.0 Å². The molecule has 1 fully saturated rings. The lowest BCUT2D eigenvalue weighted by Gasteiger charge is -2.33. The smallest absolute Gasteiger partial charge is 0.410 e. The Kier molecular flexibility index (Phi) is 6.87. The standard InChI is InChI=1S/C21H24BrFN4O5/c1-21(2,3)32-20(30)26-8-6-13(7-9-26)31-16-11-17(28)27(25-18(16)19(24)29)12-4-5-14(22)15(23)10-12/h4-5,10-11,13H,6-9H2,1-3H3,(H2,24,29). The number of aromatic nitrogens is 2. The normalized spacial score (nSPS) is 14.8. The fourth-order valence-corrected chi connectivity index (χ4v) is 3.41. The molecule has 1 aliphatic heterocycles. The van der Waals surface area contributed by atoms with E-state index in [1.54, 1.807) is 25.7 Å². The van der Waals surface area contributed by atoms with Crippen LogP contribution in [0.1, 0.15) is 44.1 Å². The average Bonchev–Trinajstić information content (AvgIpc) is 2.69. The highest BCUT2D eigenvalue weighted by atomic mass is 79.9. The van der Waals surface area contributed by atoms with E-state index < -0.39 is 29.0 Å². The summed E-state index contributed by atoms with van der Waals surface area (Å²) in [5, 5.41) is 4.00. The maximum absolute atomic E-state index is 13.9. The molecule has 1 saturated heterocycles. The summed E-state index contributed by atoms with van der Waals surface area (Å²) in [6.07, 6.45) is 0.186. The summed E-state index contributed by atoms with van der Waals surface area (Å²) in [5.74, 6) is -1.53. The van der Waals surface area contributed by atoms with Crippen molar-refractivity contribution in [3.8, 4) is 11.4 Å². The fourth-order valence-electron chi connectivity index (χ4n) is 3.16. The van der Waals surface area contributed by atoms with E-state index in [1.165, 1.54) is 12.1 Å². The lowest BCUT2D eigenvalue weighted by atomic mass is 10.1. The van der Waals surface area contributed by atoms with E-state index in [0.29, 0.717) is 25.9 Å². The Labute approximate surface area is 192 Å². The Hall–Kier alpha value is -2.95. The molecule has 3 rings (SSSR count). The predicted octanol–water partition coefficient (Wildman–Crippen LogP) is 3.01. The maximum atomic E-state index is 13.9. The minimum Gasteiger partial charge on any atom is -0.488 e. The van der Waals surface area contributed by atoms with Gasteiger partial charge in [0.1, 0.15) is 17.5 Å². The summed E-state index contributed by atoms with van der Waals surface area (Å²) in [7, 11) is 0. The molecule has 32 heavy (non-hydrogen) atoms. The molecule has 2 amide bonds. The third-order valence-corrected chi connectivity index (χ3v) is 5.31. The second-order valence-corrected chi connectivity index (χ2v) is 9.21. The van der Waals surface area contributed by atoms with Gasteiger partial charge in [-0.05, 0) is 48.8 Å². The van der Waals surface area contributed by atoms with Gasteiger partial charge in [-0.3, -0.25) is 9.59 Å². The van der Waals surface area contributed by atoms with Crippen LogP contribution in [0.4, 0.5) is 9.18 Å². The monoisotopic (exact) mass is 510 g/mol. The number of nitrogens with zero attached hydrogens (tertiary/aromatic N) is 3. The first-order chi connectivity index (χ1) is 14.9. The Morgan fingerprint density at radius 3 is 2.44 bits per heavy atom. The average molecular weight is 511 g/mol. The molecule has 0 unspecified atom stereocenters. The number of likely N-dealkylation sites (tertiary alicyclic amines) is 1. The number of hydrogen-bond donors (Lipinski definition) is 1. The summed E-state index contributed by atoms with van der Waals surface area (Å²) in [4.78, 5) is 38.3. The predicted molar refractivity (Wildman–Crippen MR) is 117 cm³/mol. The molecule has 1 aliphatic rings. The zero-order chi connectivity index (χ0) is 23.6. The summed E-state index contributed by atoms with van der Waals surface area (Å²) in [5.41, 5.74) is 4.13. The summed E-state index contributed by atoms with van der Waals surface area (Å²) in [6.45, 7) is 6.18. The van der Waals surface area contributed by atoms with Crippen molar-refractivity contribution in [2.24, 2.45) is 5.73 Å². The van der Waals surface area contributed by atoms with Gasteiger partial charge in [-0.1, -0.05) is 0 Å². The van der Waals surface area contributed by atoms with E-state index in [-0.39, 0.29) is 27.7 Å². The van der Waals surface area contributed by atoms with Crippen LogP contribution < -0.4 is 16.0 Å². The number of halogens is 2. The van der Waals surface area contributed by atoms with Crippen molar-refractivity contribution >= 4 is 27.9 Å². The number of carbonyl (C=O) groups is 2. The Balaban J connectivity index is 1.77. The van der Waals surface area contributed by atoms with E-state index in [9.17, 15) is 18.8 Å². The molecule has 1 aromatic carbocycles. The zero-order valence-corrected chi connectivity index (χ0v) is 19.5. The highest BCUT2D eigenvalue weighted by Gasteiger charge is 2.29. The van der Waals surface area contributed by atoms with Crippen LogP contribution in [0.5, 0.6) is 5.75 Å². The van der Waals surface area contributed by atoms with Gasteiger partial charge in [0.15, 0.2) is 11.4 Å². The van der Waals surface area contributed by atoms with Gasteiger partial charge >= 0.3 is 6.09 Å². The maximum Gasteiger partial charge on any atom is 0.410 e. The number of benzene rings is 1. The first-order valence-electron chi connectivity index (χ1n) is 9.99. The number of rotatable bonds is 4. The third-order valence-electron chi connectivity index (χ3n) is 4.67. The van der Waals surface area contributed by atoms with Crippen LogP contribution in [0, 0.1) is 5.82 Å². The first-order valence-corrected chi connectivity index (χ1v) is 10.8. The van der Waals surface area contributed by atoms with Crippen molar-refractivity contribution < 1.29 is 23.5 Å². The van der Waals surface area contributed by atoms with Gasteiger partial charge in [-0.2, -0.15) is 9.78 Å². The van der Waals surface area contributed by atoms with Crippen molar-refractivity contribution in [1.29, 1.82) is 0 Å². The Morgan fingerprint density at radius 1 is 1.22 bits per heavy atom. The molecule has 9 nitrogen and oxygen atoms in total. The minimum absolute atomic E-state index is 0.0490. The number of ether oxygens (including phenoxy) is 2. The van der Waals surface area contributed by atoms with Gasteiger partial charge in [-0.25, -0.2) is 9.18 Å². The molecular formula is C21H24BrFN4O5. The van der Waals surface area contributed by atoms with Crippen LogP contribution in [0.2, 0.25) is 0 Å². The molecule has 0 bridgehead atoms.